The number of nitrogen functional groups attached to an aromatic ring is 1. The third-order valence-electron chi connectivity index (χ3n) is 3.71. The standard InChI is InChI=1S/C17H14N4.C2H6/c1-11-5-6-16-15(20-11)7-8-21(16)17-9-13-12(10-19-17)3-2-4-14(13)18;1-2/h2-10H,18H2,1H3;1-2H3. The highest BCUT2D eigenvalue weighted by Crippen LogP contribution is 2.24. The third kappa shape index (κ3) is 2.63. The Morgan fingerprint density at radius 2 is 1.87 bits per heavy atom. The van der Waals surface area contributed by atoms with Crippen molar-refractivity contribution < 1.29 is 0 Å². The zero-order chi connectivity index (χ0) is 16.4. The number of benzene rings is 1. The van der Waals surface area contributed by atoms with Crippen LogP contribution in [0.5, 0.6) is 0 Å². The van der Waals surface area contributed by atoms with Crippen LogP contribution in [0.3, 0.4) is 0 Å². The van der Waals surface area contributed by atoms with Crippen molar-refractivity contribution in [1.29, 1.82) is 0 Å². The van der Waals surface area contributed by atoms with Gasteiger partial charge in [-0.2, -0.15) is 0 Å². The highest BCUT2D eigenvalue weighted by atomic mass is 15.1. The average Bonchev–Trinajstić information content (AvgIpc) is 3.00. The topological polar surface area (TPSA) is 56.7 Å². The van der Waals surface area contributed by atoms with Crippen molar-refractivity contribution in [3.8, 4) is 5.82 Å². The van der Waals surface area contributed by atoms with Crippen LogP contribution in [0, 0.1) is 6.92 Å². The Morgan fingerprint density at radius 3 is 2.70 bits per heavy atom. The summed E-state index contributed by atoms with van der Waals surface area (Å²) in [5, 5.41) is 2.06. The first-order valence-corrected chi connectivity index (χ1v) is 7.82. The number of nitrogens with zero attached hydrogens (tertiary/aromatic N) is 3. The van der Waals surface area contributed by atoms with E-state index in [1.54, 1.807) is 0 Å². The minimum Gasteiger partial charge on any atom is -0.398 e. The molecule has 0 saturated carbocycles. The maximum absolute atomic E-state index is 6.06. The molecule has 4 rings (SSSR count). The van der Waals surface area contributed by atoms with E-state index in [4.69, 9.17) is 5.73 Å². The van der Waals surface area contributed by atoms with Crippen LogP contribution < -0.4 is 5.73 Å². The largest absolute Gasteiger partial charge is 0.398 e. The molecule has 4 aromatic rings. The lowest BCUT2D eigenvalue weighted by Gasteiger charge is -2.07. The number of rotatable bonds is 1. The van der Waals surface area contributed by atoms with Crippen molar-refractivity contribution in [2.75, 3.05) is 5.73 Å². The molecule has 0 bridgehead atoms. The highest BCUT2D eigenvalue weighted by molar-refractivity contribution is 5.93. The molecule has 0 aliphatic heterocycles. The lowest BCUT2D eigenvalue weighted by molar-refractivity contribution is 1.05. The number of hydrogen-bond donors (Lipinski definition) is 1. The molecule has 0 aliphatic rings. The molecule has 3 aromatic heterocycles. The summed E-state index contributed by atoms with van der Waals surface area (Å²) in [6, 6.07) is 14.0. The zero-order valence-corrected chi connectivity index (χ0v) is 13.6. The van der Waals surface area contributed by atoms with Gasteiger partial charge in [0.05, 0.1) is 11.0 Å². The minimum absolute atomic E-state index is 0.765. The number of aromatic nitrogens is 3. The molecule has 0 saturated heterocycles. The Bertz CT molecular complexity index is 970. The normalized spacial score (nSPS) is 10.6. The van der Waals surface area contributed by atoms with E-state index in [9.17, 15) is 0 Å². The second kappa shape index (κ2) is 6.08. The van der Waals surface area contributed by atoms with Crippen LogP contribution in [0.1, 0.15) is 19.5 Å². The predicted octanol–water partition coefficient (Wildman–Crippen LogP) is 4.49. The van der Waals surface area contributed by atoms with Crippen molar-refractivity contribution in [2.45, 2.75) is 20.8 Å². The number of nitrogens with two attached hydrogens (primary N) is 1. The molecule has 0 unspecified atom stereocenters. The van der Waals surface area contributed by atoms with Gasteiger partial charge in [-0.25, -0.2) is 4.98 Å². The molecule has 0 spiro atoms. The first kappa shape index (κ1) is 15.0. The van der Waals surface area contributed by atoms with E-state index >= 15 is 0 Å². The molecule has 4 heteroatoms. The van der Waals surface area contributed by atoms with Gasteiger partial charge in [-0.1, -0.05) is 26.0 Å². The van der Waals surface area contributed by atoms with Crippen LogP contribution in [0.2, 0.25) is 0 Å². The van der Waals surface area contributed by atoms with Crippen LogP contribution in [-0.2, 0) is 0 Å². The van der Waals surface area contributed by atoms with Gasteiger partial charge in [0.2, 0.25) is 0 Å². The van der Waals surface area contributed by atoms with Gasteiger partial charge in [-0.15, -0.1) is 0 Å². The van der Waals surface area contributed by atoms with Crippen molar-refractivity contribution in [3.05, 3.63) is 60.6 Å². The van der Waals surface area contributed by atoms with Crippen LogP contribution in [0.15, 0.2) is 54.9 Å². The van der Waals surface area contributed by atoms with Crippen molar-refractivity contribution in [1.82, 2.24) is 14.5 Å². The van der Waals surface area contributed by atoms with Crippen molar-refractivity contribution >= 4 is 27.5 Å². The summed E-state index contributed by atoms with van der Waals surface area (Å²) >= 11 is 0. The lowest BCUT2D eigenvalue weighted by atomic mass is 10.1. The molecule has 116 valence electrons. The van der Waals surface area contributed by atoms with Gasteiger partial charge >= 0.3 is 0 Å². The van der Waals surface area contributed by atoms with E-state index in [1.165, 1.54) is 0 Å². The van der Waals surface area contributed by atoms with Gasteiger partial charge in [0, 0.05) is 34.5 Å². The van der Waals surface area contributed by atoms with Crippen LogP contribution >= 0.6 is 0 Å². The van der Waals surface area contributed by atoms with Gasteiger partial charge < -0.3 is 5.73 Å². The fraction of sp³-hybridized carbons (Fsp3) is 0.158. The Hall–Kier alpha value is -2.88. The van der Waals surface area contributed by atoms with Crippen LogP contribution in [0.25, 0.3) is 27.6 Å². The number of fused-ring (bicyclic) bond motifs is 2. The van der Waals surface area contributed by atoms with Crippen LogP contribution in [0.4, 0.5) is 5.69 Å². The summed E-state index contributed by atoms with van der Waals surface area (Å²) in [4.78, 5) is 9.07. The average molecular weight is 304 g/mol. The van der Waals surface area contributed by atoms with E-state index in [0.29, 0.717) is 0 Å². The van der Waals surface area contributed by atoms with Gasteiger partial charge in [0.15, 0.2) is 0 Å². The monoisotopic (exact) mass is 304 g/mol. The molecule has 0 amide bonds. The number of anilines is 1. The zero-order valence-electron chi connectivity index (χ0n) is 13.6. The second-order valence-electron chi connectivity index (χ2n) is 5.15. The second-order valence-corrected chi connectivity index (χ2v) is 5.15. The summed E-state index contributed by atoms with van der Waals surface area (Å²) in [7, 11) is 0. The van der Waals surface area contributed by atoms with Gasteiger partial charge in [-0.3, -0.25) is 9.55 Å². The molecule has 0 fully saturated rings. The molecular weight excluding hydrogens is 284 g/mol. The van der Waals surface area contributed by atoms with Gasteiger partial charge in [0.25, 0.3) is 0 Å². The van der Waals surface area contributed by atoms with E-state index in [-0.39, 0.29) is 0 Å². The molecule has 2 N–H and O–H groups in total. The van der Waals surface area contributed by atoms with Crippen molar-refractivity contribution in [3.63, 3.8) is 0 Å². The van der Waals surface area contributed by atoms with E-state index in [0.717, 1.165) is 39.0 Å². The van der Waals surface area contributed by atoms with E-state index in [2.05, 4.69) is 16.0 Å². The van der Waals surface area contributed by atoms with Gasteiger partial charge in [0.1, 0.15) is 5.82 Å². The van der Waals surface area contributed by atoms with Crippen molar-refractivity contribution in [2.24, 2.45) is 0 Å². The Kier molecular flexibility index (Phi) is 3.98. The third-order valence-corrected chi connectivity index (χ3v) is 3.71. The molecule has 1 aromatic carbocycles. The Balaban J connectivity index is 0.000000753. The predicted molar refractivity (Wildman–Crippen MR) is 96.9 cm³/mol. The summed E-state index contributed by atoms with van der Waals surface area (Å²) in [6.45, 7) is 5.99. The first-order valence-electron chi connectivity index (χ1n) is 7.82. The summed E-state index contributed by atoms with van der Waals surface area (Å²) in [6.07, 6.45) is 3.85. The maximum Gasteiger partial charge on any atom is 0.137 e. The summed E-state index contributed by atoms with van der Waals surface area (Å²) in [5.41, 5.74) is 9.85. The fourth-order valence-electron chi connectivity index (χ4n) is 2.64. The maximum atomic E-state index is 6.06. The number of hydrogen-bond acceptors (Lipinski definition) is 3. The molecule has 0 aliphatic carbocycles. The molecule has 3 heterocycles. The number of aryl methyl sites for hydroxylation is 1. The quantitative estimate of drug-likeness (QED) is 0.527. The Morgan fingerprint density at radius 1 is 1.04 bits per heavy atom. The SMILES string of the molecule is CC.Cc1ccc2c(ccn2-c2cc3c(N)cccc3cn2)n1. The molecule has 23 heavy (non-hydrogen) atoms. The van der Waals surface area contributed by atoms with E-state index in [1.807, 2.05) is 74.1 Å². The van der Waals surface area contributed by atoms with Crippen LogP contribution in [-0.4, -0.2) is 14.5 Å². The molecular formula is C19H20N4. The van der Waals surface area contributed by atoms with E-state index < -0.39 is 0 Å². The lowest BCUT2D eigenvalue weighted by Crippen LogP contribution is -1.97. The first-order chi connectivity index (χ1) is 11.2. The summed E-state index contributed by atoms with van der Waals surface area (Å²) < 4.78 is 2.04. The number of pyridine rings is 2. The minimum atomic E-state index is 0.765. The Labute approximate surface area is 135 Å². The highest BCUT2D eigenvalue weighted by Gasteiger charge is 2.07. The molecule has 4 nitrogen and oxygen atoms in total. The molecule has 0 radical (unpaired) electrons. The molecule has 0 atom stereocenters. The fourth-order valence-corrected chi connectivity index (χ4v) is 2.64. The van der Waals surface area contributed by atoms with Gasteiger partial charge in [-0.05, 0) is 37.3 Å². The smallest absolute Gasteiger partial charge is 0.137 e. The summed E-state index contributed by atoms with van der Waals surface area (Å²) in [5.74, 6) is 0.848.